The Bertz CT molecular complexity index is 5490. The van der Waals surface area contributed by atoms with Crippen molar-refractivity contribution in [1.29, 1.82) is 0 Å². The van der Waals surface area contributed by atoms with Gasteiger partial charge in [-0.2, -0.15) is 0 Å². The molecule has 18 aromatic carbocycles. The van der Waals surface area contributed by atoms with Gasteiger partial charge >= 0.3 is 0 Å². The van der Waals surface area contributed by atoms with Gasteiger partial charge in [0.1, 0.15) is 0 Å². The van der Waals surface area contributed by atoms with Crippen LogP contribution in [-0.4, -0.2) is 0 Å². The molecular weight excluding hydrogens is 1260 g/mol. The van der Waals surface area contributed by atoms with E-state index in [2.05, 4.69) is 444 Å². The molecule has 0 radical (unpaired) electrons. The van der Waals surface area contributed by atoms with Crippen LogP contribution in [0.4, 0.5) is 68.2 Å². The minimum Gasteiger partial charge on any atom is -0.311 e. The fourth-order valence-electron chi connectivity index (χ4n) is 15.5. The molecule has 0 unspecified atom stereocenters. The monoisotopic (exact) mass is 1330 g/mol. The molecule has 0 aliphatic rings. The summed E-state index contributed by atoms with van der Waals surface area (Å²) in [5.41, 5.74) is 24.7. The molecule has 0 heterocycles. The maximum absolute atomic E-state index is 2.47. The topological polar surface area (TPSA) is 13.0 Å². The van der Waals surface area contributed by atoms with Crippen molar-refractivity contribution in [2.24, 2.45) is 0 Å². The molecule has 0 aromatic heterocycles. The summed E-state index contributed by atoms with van der Waals surface area (Å²) in [6.07, 6.45) is 0. The second-order valence-corrected chi connectivity index (χ2v) is 26.3. The zero-order valence-electron chi connectivity index (χ0n) is 57.2. The quantitative estimate of drug-likeness (QED) is 0.0843. The first-order valence-corrected chi connectivity index (χ1v) is 35.6. The van der Waals surface area contributed by atoms with Crippen LogP contribution in [0.5, 0.6) is 0 Å². The van der Waals surface area contributed by atoms with Gasteiger partial charge in [0.2, 0.25) is 0 Å². The smallest absolute Gasteiger partial charge is 0.0462 e. The van der Waals surface area contributed by atoms with E-state index in [-0.39, 0.29) is 0 Å². The molecule has 0 bridgehead atoms. The van der Waals surface area contributed by atoms with Crippen LogP contribution in [0, 0.1) is 0 Å². The van der Waals surface area contributed by atoms with Gasteiger partial charge in [0, 0.05) is 68.2 Å². The number of hydrogen-bond acceptors (Lipinski definition) is 4. The van der Waals surface area contributed by atoms with Crippen molar-refractivity contribution in [2.45, 2.75) is 0 Å². The van der Waals surface area contributed by atoms with E-state index < -0.39 is 0 Å². The van der Waals surface area contributed by atoms with Gasteiger partial charge in [0.15, 0.2) is 0 Å². The predicted molar refractivity (Wildman–Crippen MR) is 442 cm³/mol. The van der Waals surface area contributed by atoms with Crippen LogP contribution >= 0.6 is 0 Å². The molecule has 4 nitrogen and oxygen atoms in total. The lowest BCUT2D eigenvalue weighted by Crippen LogP contribution is -2.09. The summed E-state index contributed by atoms with van der Waals surface area (Å²) >= 11 is 0. The number of hydrogen-bond donors (Lipinski definition) is 0. The van der Waals surface area contributed by atoms with Crippen molar-refractivity contribution in [3.8, 4) is 55.6 Å². The summed E-state index contributed by atoms with van der Waals surface area (Å²) in [5.74, 6) is 0. The van der Waals surface area contributed by atoms with E-state index in [4.69, 9.17) is 0 Å². The fraction of sp³-hybridized carbons (Fsp3) is 0. The maximum Gasteiger partial charge on any atom is 0.0462 e. The van der Waals surface area contributed by atoms with E-state index in [0.29, 0.717) is 0 Å². The fourth-order valence-corrected chi connectivity index (χ4v) is 15.5. The molecule has 0 fully saturated rings. The standard InChI is InChI=1S/C100H70N4/c1-9-29-77(30-10-1)101(78-31-11-2-12-32-78)85-59-49-71(50-60-85)97-89-45-25-27-47-91(89)99(73-53-63-87(64-54-73)103(81-37-17-5-18-38-81)82-39-19-6-20-40-82)95-69-75(57-67-93(95)97)76-58-68-94-96(70-76)100(74-55-65-88(66-56-74)104(83-41-21-7-22-42-83)84-43-23-8-24-44-84)92-48-28-26-46-90(92)98(94)72-51-61-86(62-52-72)102(79-33-13-3-14-34-79)80-35-15-4-16-36-80/h1-70H. The molecular formula is C100H70N4. The predicted octanol–water partition coefficient (Wildman–Crippen LogP) is 28.5. The Kier molecular flexibility index (Phi) is 16.6. The Morgan fingerprint density at radius 1 is 0.106 bits per heavy atom. The summed E-state index contributed by atoms with van der Waals surface area (Å²) in [4.78, 5) is 9.34. The minimum absolute atomic E-state index is 1.08. The van der Waals surface area contributed by atoms with Crippen molar-refractivity contribution in [2.75, 3.05) is 19.6 Å². The molecule has 0 atom stereocenters. The molecule has 490 valence electrons. The minimum atomic E-state index is 1.08. The first-order chi connectivity index (χ1) is 51.6. The Balaban J connectivity index is 0.842. The highest BCUT2D eigenvalue weighted by Crippen LogP contribution is 2.50. The van der Waals surface area contributed by atoms with E-state index in [1.165, 1.54) is 65.3 Å². The van der Waals surface area contributed by atoms with Gasteiger partial charge in [-0.3, -0.25) is 0 Å². The SMILES string of the molecule is c1ccc(N(c2ccccc2)c2ccc(-c3c4ccccc4c(-c4ccc(N(c5ccccc5)c5ccccc5)cc4)c4cc(-c5ccc6c(-c7ccc(N(c8ccccc8)c8ccccc8)cc7)c7ccccc7c(-c7ccc(N(c8ccccc8)c8ccccc8)cc7)c6c5)ccc34)cc2)cc1. The van der Waals surface area contributed by atoms with Crippen molar-refractivity contribution in [3.63, 3.8) is 0 Å². The second kappa shape index (κ2) is 27.7. The molecule has 0 spiro atoms. The van der Waals surface area contributed by atoms with Crippen molar-refractivity contribution < 1.29 is 0 Å². The lowest BCUT2D eigenvalue weighted by atomic mass is 9.83. The van der Waals surface area contributed by atoms with Crippen LogP contribution in [0.2, 0.25) is 0 Å². The normalized spacial score (nSPS) is 11.3. The molecule has 18 aromatic rings. The number of anilines is 12. The van der Waals surface area contributed by atoms with Gasteiger partial charge in [-0.1, -0.05) is 267 Å². The van der Waals surface area contributed by atoms with Gasteiger partial charge in [-0.15, -0.1) is 0 Å². The average molecular weight is 1330 g/mol. The van der Waals surface area contributed by atoms with E-state index in [0.717, 1.165) is 102 Å². The summed E-state index contributed by atoms with van der Waals surface area (Å²) in [7, 11) is 0. The number of rotatable bonds is 17. The Morgan fingerprint density at radius 3 is 0.442 bits per heavy atom. The molecule has 104 heavy (non-hydrogen) atoms. The van der Waals surface area contributed by atoms with E-state index >= 15 is 0 Å². The zero-order chi connectivity index (χ0) is 69.1. The molecule has 4 heteroatoms. The second-order valence-electron chi connectivity index (χ2n) is 26.3. The van der Waals surface area contributed by atoms with Gasteiger partial charge in [0.05, 0.1) is 0 Å². The van der Waals surface area contributed by atoms with Crippen LogP contribution in [0.3, 0.4) is 0 Å². The van der Waals surface area contributed by atoms with Gasteiger partial charge < -0.3 is 19.6 Å². The molecule has 0 saturated heterocycles. The lowest BCUT2D eigenvalue weighted by Gasteiger charge is -2.26. The van der Waals surface area contributed by atoms with Crippen molar-refractivity contribution >= 4 is 111 Å². The van der Waals surface area contributed by atoms with Crippen LogP contribution in [-0.2, 0) is 0 Å². The lowest BCUT2D eigenvalue weighted by molar-refractivity contribution is 1.28. The Hall–Kier alpha value is -13.8. The molecule has 18 rings (SSSR count). The summed E-state index contributed by atoms with van der Waals surface area (Å²) in [6, 6.07) is 155. The van der Waals surface area contributed by atoms with E-state index in [9.17, 15) is 0 Å². The van der Waals surface area contributed by atoms with Gasteiger partial charge in [-0.25, -0.2) is 0 Å². The highest BCUT2D eigenvalue weighted by molar-refractivity contribution is 6.24. The zero-order valence-corrected chi connectivity index (χ0v) is 57.2. The molecule has 0 amide bonds. The average Bonchev–Trinajstić information content (AvgIpc) is 0.724. The molecule has 0 saturated carbocycles. The number of para-hydroxylation sites is 8. The number of benzene rings is 18. The highest BCUT2D eigenvalue weighted by Gasteiger charge is 2.24. The van der Waals surface area contributed by atoms with E-state index in [1.54, 1.807) is 0 Å². The summed E-state index contributed by atoms with van der Waals surface area (Å²) < 4.78 is 0. The Morgan fingerprint density at radius 2 is 0.250 bits per heavy atom. The number of fused-ring (bicyclic) bond motifs is 4. The first-order valence-electron chi connectivity index (χ1n) is 35.6. The summed E-state index contributed by atoms with van der Waals surface area (Å²) in [6.45, 7) is 0. The summed E-state index contributed by atoms with van der Waals surface area (Å²) in [5, 5.41) is 9.43. The van der Waals surface area contributed by atoms with Crippen LogP contribution < -0.4 is 19.6 Å². The largest absolute Gasteiger partial charge is 0.311 e. The van der Waals surface area contributed by atoms with Crippen molar-refractivity contribution in [1.82, 2.24) is 0 Å². The Labute approximate surface area is 607 Å². The molecule has 0 aliphatic heterocycles. The number of nitrogens with zero attached hydrogens (tertiary/aromatic N) is 4. The van der Waals surface area contributed by atoms with Gasteiger partial charge in [0.25, 0.3) is 0 Å². The highest BCUT2D eigenvalue weighted by atomic mass is 15.2. The van der Waals surface area contributed by atoms with E-state index in [1.807, 2.05) is 0 Å². The van der Waals surface area contributed by atoms with Crippen LogP contribution in [0.1, 0.15) is 0 Å². The first kappa shape index (κ1) is 62.5. The van der Waals surface area contributed by atoms with Crippen molar-refractivity contribution in [3.05, 3.63) is 425 Å². The maximum atomic E-state index is 2.47. The molecule has 0 N–H and O–H groups in total. The van der Waals surface area contributed by atoms with Gasteiger partial charge in [-0.05, 0) is 256 Å². The third-order valence-corrected chi connectivity index (χ3v) is 20.2. The van der Waals surface area contributed by atoms with Crippen LogP contribution in [0.25, 0.3) is 98.7 Å². The molecule has 0 aliphatic carbocycles. The van der Waals surface area contributed by atoms with Crippen LogP contribution in [0.15, 0.2) is 425 Å². The third-order valence-electron chi connectivity index (χ3n) is 20.2. The third kappa shape index (κ3) is 11.8.